The van der Waals surface area contributed by atoms with Gasteiger partial charge >= 0.3 is 0 Å². The molecule has 130 valence electrons. The molecular weight excluding hydrogens is 319 g/mol. The zero-order valence-corrected chi connectivity index (χ0v) is 14.4. The van der Waals surface area contributed by atoms with Crippen molar-refractivity contribution < 1.29 is 9.13 Å². The average Bonchev–Trinajstić information content (AvgIpc) is 3.06. The quantitative estimate of drug-likeness (QED) is 0.788. The molecule has 3 aromatic rings. The van der Waals surface area contributed by atoms with Gasteiger partial charge in [0.1, 0.15) is 0 Å². The van der Waals surface area contributed by atoms with Gasteiger partial charge in [-0.2, -0.15) is 5.10 Å². The Kier molecular flexibility index (Phi) is 4.03. The van der Waals surface area contributed by atoms with Crippen LogP contribution in [0.15, 0.2) is 30.6 Å². The molecule has 0 amide bonds. The van der Waals surface area contributed by atoms with Gasteiger partial charge in [0.25, 0.3) is 0 Å². The number of benzene rings is 1. The van der Waals surface area contributed by atoms with Crippen LogP contribution in [0.3, 0.4) is 0 Å². The Balaban J connectivity index is 1.62. The number of nitrogens with zero attached hydrogens (tertiary/aromatic N) is 3. The van der Waals surface area contributed by atoms with Gasteiger partial charge in [-0.05, 0) is 43.4 Å². The Morgan fingerprint density at radius 1 is 1.28 bits per heavy atom. The number of H-pyrrole nitrogens is 1. The van der Waals surface area contributed by atoms with Crippen LogP contribution in [0.25, 0.3) is 10.9 Å². The number of aromatic nitrogens is 3. The molecule has 2 aromatic heterocycles. The Morgan fingerprint density at radius 2 is 2.08 bits per heavy atom. The van der Waals surface area contributed by atoms with Crippen molar-refractivity contribution in [2.24, 2.45) is 0 Å². The predicted molar refractivity (Wildman–Crippen MR) is 95.8 cm³/mol. The number of pyridine rings is 1. The summed E-state index contributed by atoms with van der Waals surface area (Å²) in [4.78, 5) is 6.66. The van der Waals surface area contributed by atoms with Gasteiger partial charge in [0, 0.05) is 42.1 Å². The number of rotatable bonds is 3. The van der Waals surface area contributed by atoms with Crippen molar-refractivity contribution in [3.05, 3.63) is 47.7 Å². The summed E-state index contributed by atoms with van der Waals surface area (Å²) in [5.41, 5.74) is 4.23. The van der Waals surface area contributed by atoms with Gasteiger partial charge in [0.2, 0.25) is 0 Å². The minimum atomic E-state index is -0.381. The Hall–Kier alpha value is -2.63. The molecule has 1 N–H and O–H groups in total. The second kappa shape index (κ2) is 6.35. The highest BCUT2D eigenvalue weighted by atomic mass is 19.1. The fourth-order valence-corrected chi connectivity index (χ4v) is 3.77. The first kappa shape index (κ1) is 15.9. The van der Waals surface area contributed by atoms with E-state index < -0.39 is 0 Å². The third-order valence-electron chi connectivity index (χ3n) is 5.14. The van der Waals surface area contributed by atoms with Crippen molar-refractivity contribution in [3.63, 3.8) is 0 Å². The number of hydrogen-bond donors (Lipinski definition) is 1. The topological polar surface area (TPSA) is 54.0 Å². The predicted octanol–water partition coefficient (Wildman–Crippen LogP) is 3.80. The Morgan fingerprint density at radius 3 is 2.76 bits per heavy atom. The number of aromatic amines is 1. The number of halogens is 1. The van der Waals surface area contributed by atoms with E-state index in [1.807, 2.05) is 12.3 Å². The lowest BCUT2D eigenvalue weighted by Crippen LogP contribution is -2.33. The van der Waals surface area contributed by atoms with Crippen molar-refractivity contribution in [2.45, 2.75) is 25.7 Å². The molecule has 0 unspecified atom stereocenters. The summed E-state index contributed by atoms with van der Waals surface area (Å²) < 4.78 is 19.1. The largest absolute Gasteiger partial charge is 0.494 e. The van der Waals surface area contributed by atoms with Gasteiger partial charge in [0.15, 0.2) is 11.6 Å². The number of methoxy groups -OCH3 is 1. The van der Waals surface area contributed by atoms with Gasteiger partial charge in [-0.15, -0.1) is 0 Å². The van der Waals surface area contributed by atoms with Crippen LogP contribution in [0, 0.1) is 12.7 Å². The molecule has 3 heterocycles. The molecule has 0 atom stereocenters. The second-order valence-corrected chi connectivity index (χ2v) is 6.55. The monoisotopic (exact) mass is 340 g/mol. The van der Waals surface area contributed by atoms with Gasteiger partial charge in [-0.3, -0.25) is 10.1 Å². The minimum absolute atomic E-state index is 0.255. The molecule has 0 saturated carbocycles. The Bertz CT molecular complexity index is 900. The maximum absolute atomic E-state index is 14.0. The lowest BCUT2D eigenvalue weighted by molar-refractivity contribution is 0.387. The number of aryl methyl sites for hydroxylation is 1. The van der Waals surface area contributed by atoms with Crippen molar-refractivity contribution >= 4 is 16.6 Å². The van der Waals surface area contributed by atoms with E-state index in [9.17, 15) is 4.39 Å². The number of piperidine rings is 1. The first-order valence-electron chi connectivity index (χ1n) is 8.54. The van der Waals surface area contributed by atoms with E-state index in [1.165, 1.54) is 18.7 Å². The summed E-state index contributed by atoms with van der Waals surface area (Å²) in [6.45, 7) is 3.98. The maximum atomic E-state index is 14.0. The highest BCUT2D eigenvalue weighted by molar-refractivity contribution is 5.92. The number of anilines is 1. The van der Waals surface area contributed by atoms with Crippen LogP contribution >= 0.6 is 0 Å². The van der Waals surface area contributed by atoms with E-state index in [0.717, 1.165) is 42.7 Å². The maximum Gasteiger partial charge on any atom is 0.167 e. The normalized spacial score (nSPS) is 15.7. The molecule has 0 spiro atoms. The second-order valence-electron chi connectivity index (χ2n) is 6.55. The molecule has 4 rings (SSSR count). The summed E-state index contributed by atoms with van der Waals surface area (Å²) in [7, 11) is 1.49. The number of ether oxygens (including phenoxy) is 1. The molecule has 0 aliphatic carbocycles. The van der Waals surface area contributed by atoms with Crippen LogP contribution < -0.4 is 9.64 Å². The number of nitrogens with one attached hydrogen (secondary N) is 1. The third-order valence-corrected chi connectivity index (χ3v) is 5.14. The first-order chi connectivity index (χ1) is 12.2. The molecule has 1 fully saturated rings. The molecular formula is C19H21FN4O. The summed E-state index contributed by atoms with van der Waals surface area (Å²) in [6.07, 6.45) is 5.84. The first-order valence-corrected chi connectivity index (χ1v) is 8.54. The fraction of sp³-hybridized carbons (Fsp3) is 0.368. The van der Waals surface area contributed by atoms with Gasteiger partial charge in [-0.25, -0.2) is 4.39 Å². The zero-order chi connectivity index (χ0) is 17.4. The van der Waals surface area contributed by atoms with E-state index in [0.29, 0.717) is 11.4 Å². The molecule has 6 heteroatoms. The smallest absolute Gasteiger partial charge is 0.167 e. The molecule has 1 saturated heterocycles. The van der Waals surface area contributed by atoms with E-state index in [-0.39, 0.29) is 11.6 Å². The minimum Gasteiger partial charge on any atom is -0.494 e. The summed E-state index contributed by atoms with van der Waals surface area (Å²) >= 11 is 0. The lowest BCUT2D eigenvalue weighted by Gasteiger charge is -2.34. The van der Waals surface area contributed by atoms with E-state index in [2.05, 4.69) is 27.0 Å². The fourth-order valence-electron chi connectivity index (χ4n) is 3.77. The average molecular weight is 340 g/mol. The summed E-state index contributed by atoms with van der Waals surface area (Å²) in [5.74, 6) is 0.412. The molecule has 1 aliphatic heterocycles. The van der Waals surface area contributed by atoms with E-state index >= 15 is 0 Å². The van der Waals surface area contributed by atoms with Gasteiger partial charge < -0.3 is 9.64 Å². The molecule has 1 aliphatic rings. The van der Waals surface area contributed by atoms with Crippen LogP contribution in [0.4, 0.5) is 10.1 Å². The highest BCUT2D eigenvalue weighted by Crippen LogP contribution is 2.35. The molecule has 25 heavy (non-hydrogen) atoms. The third kappa shape index (κ3) is 2.81. The van der Waals surface area contributed by atoms with Crippen LogP contribution in [0.1, 0.15) is 30.0 Å². The molecule has 5 nitrogen and oxygen atoms in total. The van der Waals surface area contributed by atoms with Crippen LogP contribution in [0.5, 0.6) is 5.75 Å². The summed E-state index contributed by atoms with van der Waals surface area (Å²) in [6, 6.07) is 5.20. The Labute approximate surface area is 145 Å². The van der Waals surface area contributed by atoms with Crippen LogP contribution in [0.2, 0.25) is 0 Å². The van der Waals surface area contributed by atoms with Crippen LogP contribution in [-0.4, -0.2) is 35.4 Å². The van der Waals surface area contributed by atoms with Crippen molar-refractivity contribution in [1.29, 1.82) is 0 Å². The van der Waals surface area contributed by atoms with Crippen LogP contribution in [-0.2, 0) is 0 Å². The number of hydrogen-bond acceptors (Lipinski definition) is 4. The summed E-state index contributed by atoms with van der Waals surface area (Å²) in [5, 5.41) is 8.11. The lowest BCUT2D eigenvalue weighted by atomic mass is 9.89. The standard InChI is InChI=1S/C19H21FN4O/c1-12-15(11-22-23-12)13-4-7-24(8-5-13)18-3-6-21-17-10-16(20)19(25-2)9-14(17)18/h3,6,9-11,13H,4-5,7-8H2,1-2H3,(H,22,23). The zero-order valence-electron chi connectivity index (χ0n) is 14.4. The van der Waals surface area contributed by atoms with E-state index in [1.54, 1.807) is 12.3 Å². The number of fused-ring (bicyclic) bond motifs is 1. The van der Waals surface area contributed by atoms with Crippen molar-refractivity contribution in [1.82, 2.24) is 15.2 Å². The molecule has 0 bridgehead atoms. The van der Waals surface area contributed by atoms with E-state index in [4.69, 9.17) is 4.74 Å². The van der Waals surface area contributed by atoms with Gasteiger partial charge in [0.05, 0.1) is 18.8 Å². The van der Waals surface area contributed by atoms with Gasteiger partial charge in [-0.1, -0.05) is 0 Å². The van der Waals surface area contributed by atoms with Crippen molar-refractivity contribution in [3.8, 4) is 5.75 Å². The highest BCUT2D eigenvalue weighted by Gasteiger charge is 2.24. The van der Waals surface area contributed by atoms with Crippen molar-refractivity contribution in [2.75, 3.05) is 25.1 Å². The molecule has 0 radical (unpaired) electrons. The SMILES string of the molecule is COc1cc2c(N3CCC(c4cn[nH]c4C)CC3)ccnc2cc1F. The molecule has 1 aromatic carbocycles.